The Hall–Kier alpha value is -8.14. The molecule has 0 unspecified atom stereocenters. The molecule has 0 bridgehead atoms. The average Bonchev–Trinajstić information content (AvgIpc) is 3.76. The molecule has 11 rings (SSSR count). The molecule has 0 fully saturated rings. The van der Waals surface area contributed by atoms with Gasteiger partial charge in [-0.15, -0.1) is 0 Å². The van der Waals surface area contributed by atoms with E-state index in [0.29, 0.717) is 16.9 Å². The number of aromatic hydroxyl groups is 1. The summed E-state index contributed by atoms with van der Waals surface area (Å²) in [5.74, 6) is -0.944. The number of phenols is 1. The van der Waals surface area contributed by atoms with Gasteiger partial charge in [0.15, 0.2) is 0 Å². The molecule has 1 N–H and O–H groups in total. The summed E-state index contributed by atoms with van der Waals surface area (Å²) in [7, 11) is 0. The summed E-state index contributed by atoms with van der Waals surface area (Å²) >= 11 is 0. The lowest BCUT2D eigenvalue weighted by Gasteiger charge is -2.28. The smallest absolute Gasteiger partial charge is 0.131 e. The van der Waals surface area contributed by atoms with Crippen LogP contribution in [0.4, 0.5) is 17.1 Å². The Balaban J connectivity index is 1.11. The number of nitrogens with zero attached hydrogens (tertiary/aromatic N) is 2. The highest BCUT2D eigenvalue weighted by atomic mass is 16.3. The monoisotopic (exact) mass is 793 g/mol. The van der Waals surface area contributed by atoms with Crippen LogP contribution in [-0.4, -0.2) is 9.67 Å². The normalized spacial score (nSPS) is 14.3. The third kappa shape index (κ3) is 6.41. The number of hydrogen-bond acceptors (Lipinski definition) is 2. The van der Waals surface area contributed by atoms with Crippen LogP contribution in [0.1, 0.15) is 17.8 Å². The summed E-state index contributed by atoms with van der Waals surface area (Å²) in [4.78, 5) is 1.64. The average molecular weight is 794 g/mol. The number of aromatic nitrogens is 1. The lowest BCUT2D eigenvalue weighted by molar-refractivity contribution is 0.479. The van der Waals surface area contributed by atoms with E-state index in [1.54, 1.807) is 11.0 Å². The third-order valence-corrected chi connectivity index (χ3v) is 10.9. The quantitative estimate of drug-likeness (QED) is 0.166. The Morgan fingerprint density at radius 2 is 0.967 bits per heavy atom. The lowest BCUT2D eigenvalue weighted by Crippen LogP contribution is -2.11. The van der Waals surface area contributed by atoms with Crippen LogP contribution in [0.3, 0.4) is 0 Å². The van der Waals surface area contributed by atoms with E-state index < -0.39 is 101 Å². The van der Waals surface area contributed by atoms with Crippen molar-refractivity contribution in [1.82, 2.24) is 4.57 Å². The van der Waals surface area contributed by atoms with Gasteiger partial charge in [-0.3, -0.25) is 0 Å². The summed E-state index contributed by atoms with van der Waals surface area (Å²) < 4.78 is 119. The second-order valence-corrected chi connectivity index (χ2v) is 14.4. The van der Waals surface area contributed by atoms with E-state index in [1.807, 2.05) is 115 Å². The van der Waals surface area contributed by atoms with Gasteiger partial charge in [0, 0.05) is 44.4 Å². The van der Waals surface area contributed by atoms with E-state index >= 15 is 0 Å². The molecule has 0 spiro atoms. The van der Waals surface area contributed by atoms with Crippen LogP contribution in [0.25, 0.3) is 82.8 Å². The second kappa shape index (κ2) is 15.2. The van der Waals surface area contributed by atoms with Crippen molar-refractivity contribution in [2.24, 2.45) is 0 Å². The minimum Gasteiger partial charge on any atom is -0.507 e. The van der Waals surface area contributed by atoms with Gasteiger partial charge in [-0.2, -0.15) is 0 Å². The van der Waals surface area contributed by atoms with E-state index in [1.165, 1.54) is 0 Å². The maximum absolute atomic E-state index is 12.2. The van der Waals surface area contributed by atoms with E-state index in [4.69, 9.17) is 12.3 Å². The molecule has 0 aliphatic rings. The fraction of sp³-hybridized carbons (Fsp3) is 0. The van der Waals surface area contributed by atoms with Crippen LogP contribution in [0, 0.1) is 0 Å². The van der Waals surface area contributed by atoms with Gasteiger partial charge in [-0.05, 0) is 87.6 Å². The van der Waals surface area contributed by atoms with Gasteiger partial charge in [-0.25, -0.2) is 0 Å². The number of hydrogen-bond donors (Lipinski definition) is 1. The topological polar surface area (TPSA) is 28.4 Å². The first kappa shape index (κ1) is 24.7. The molecule has 0 radical (unpaired) electrons. The summed E-state index contributed by atoms with van der Waals surface area (Å²) in [5, 5.41) is 14.0. The predicted molar refractivity (Wildman–Crippen MR) is 256 cm³/mol. The predicted octanol–water partition coefficient (Wildman–Crippen LogP) is 15.8. The minimum atomic E-state index is -0.944. The van der Waals surface area contributed by atoms with Crippen LogP contribution in [0.5, 0.6) is 5.75 Å². The number of para-hydroxylation sites is 5. The van der Waals surface area contributed by atoms with Crippen LogP contribution in [-0.2, 0) is 0 Å². The highest BCUT2D eigenvalue weighted by Crippen LogP contribution is 2.44. The lowest BCUT2D eigenvalue weighted by atomic mass is 9.95. The molecule has 0 saturated heterocycles. The van der Waals surface area contributed by atoms with E-state index in [2.05, 4.69) is 34.9 Å². The molecule has 0 aliphatic carbocycles. The molecule has 1 heterocycles. The zero-order chi connectivity index (χ0) is 52.0. The van der Waals surface area contributed by atoms with Gasteiger partial charge in [0.25, 0.3) is 0 Å². The van der Waals surface area contributed by atoms with Crippen LogP contribution < -0.4 is 4.90 Å². The van der Waals surface area contributed by atoms with Gasteiger partial charge in [0.1, 0.15) is 5.75 Å². The number of rotatable bonds is 8. The summed E-state index contributed by atoms with van der Waals surface area (Å²) in [6.07, 6.45) is 0. The Labute approximate surface area is 373 Å². The van der Waals surface area contributed by atoms with Crippen LogP contribution >= 0.6 is 0 Å². The Kier molecular flexibility index (Phi) is 6.17. The number of benzene rings is 10. The first-order valence-corrected chi connectivity index (χ1v) is 19.7. The van der Waals surface area contributed by atoms with E-state index in [9.17, 15) is 10.6 Å². The Morgan fingerprint density at radius 1 is 0.393 bits per heavy atom. The van der Waals surface area contributed by atoms with Crippen LogP contribution in [0.15, 0.2) is 236 Å². The van der Waals surface area contributed by atoms with Crippen molar-refractivity contribution in [3.05, 3.63) is 236 Å². The standard InChI is InChI=1S/C58H40N2O/c61-58-50(23-14-24-51(58)45-30-29-40-15-4-5-18-44(40)39-45)43-33-37-47(38-34-43)59(54-25-10-6-19-48(54)41-16-2-1-3-17-41)46-35-31-42(32-36-46)49-20-7-11-26-55(49)60-56-27-12-8-21-52(56)53-22-9-13-28-57(53)60/h1-39,61H/i4D,5D,14D,15D,18D,23D,24D,29D,30D,33D,34D,37D,38D. The summed E-state index contributed by atoms with van der Waals surface area (Å²) in [5.41, 5.74) is 5.01. The van der Waals surface area contributed by atoms with Gasteiger partial charge < -0.3 is 14.6 Å². The van der Waals surface area contributed by atoms with Crippen molar-refractivity contribution >= 4 is 49.6 Å². The first-order chi connectivity index (χ1) is 35.6. The van der Waals surface area contributed by atoms with Crippen molar-refractivity contribution in [1.29, 1.82) is 0 Å². The number of fused-ring (bicyclic) bond motifs is 4. The molecule has 11 aromatic rings. The molecule has 0 amide bonds. The number of phenolic OH excluding ortho intramolecular Hbond substituents is 1. The zero-order valence-electron chi connectivity index (χ0n) is 45.4. The largest absolute Gasteiger partial charge is 0.507 e. The SMILES string of the molecule is [2H]c1c([2H])c(-c2cc3c([2H])c([2H])c([2H])c([2H])c3c([2H])c2[2H])c(O)c(-c2c([2H])c([2H])c(N(c3ccc(-c4ccccc4-n4c5ccccc5c5ccccc54)cc3)c3ccccc3-c3ccccc3)c([2H])c2[2H])c1[2H]. The molecule has 0 saturated carbocycles. The highest BCUT2D eigenvalue weighted by Gasteiger charge is 2.20. The minimum absolute atomic E-state index is 0.170. The van der Waals surface area contributed by atoms with Crippen molar-refractivity contribution in [3.8, 4) is 55.9 Å². The Bertz CT molecular complexity index is 4060. The zero-order valence-corrected chi connectivity index (χ0v) is 32.4. The van der Waals surface area contributed by atoms with Gasteiger partial charge >= 0.3 is 0 Å². The summed E-state index contributed by atoms with van der Waals surface area (Å²) in [6, 6.07) is 41.7. The molecule has 0 aliphatic heterocycles. The molecule has 10 aromatic carbocycles. The number of anilines is 3. The molecule has 1 aromatic heterocycles. The van der Waals surface area contributed by atoms with Crippen molar-refractivity contribution in [2.75, 3.05) is 4.90 Å². The molecule has 0 atom stereocenters. The van der Waals surface area contributed by atoms with E-state index in [0.717, 1.165) is 50.2 Å². The van der Waals surface area contributed by atoms with E-state index in [-0.39, 0.29) is 22.0 Å². The second-order valence-electron chi connectivity index (χ2n) is 14.4. The van der Waals surface area contributed by atoms with Gasteiger partial charge in [0.2, 0.25) is 0 Å². The molecular formula is C58H40N2O. The van der Waals surface area contributed by atoms with Gasteiger partial charge in [-0.1, -0.05) is 182 Å². The van der Waals surface area contributed by atoms with Crippen molar-refractivity contribution < 1.29 is 22.9 Å². The fourth-order valence-corrected chi connectivity index (χ4v) is 8.10. The molecule has 3 nitrogen and oxygen atoms in total. The first-order valence-electron chi connectivity index (χ1n) is 26.2. The molecule has 288 valence electrons. The van der Waals surface area contributed by atoms with Gasteiger partial charge in [0.05, 0.1) is 40.2 Å². The molecular weight excluding hydrogens is 741 g/mol. The Morgan fingerprint density at radius 3 is 1.70 bits per heavy atom. The highest BCUT2D eigenvalue weighted by molar-refractivity contribution is 6.09. The molecule has 3 heteroatoms. The van der Waals surface area contributed by atoms with Crippen molar-refractivity contribution in [3.63, 3.8) is 0 Å². The van der Waals surface area contributed by atoms with Crippen molar-refractivity contribution in [2.45, 2.75) is 0 Å². The maximum Gasteiger partial charge on any atom is 0.131 e. The fourth-order valence-electron chi connectivity index (χ4n) is 8.10. The summed E-state index contributed by atoms with van der Waals surface area (Å²) in [6.45, 7) is 0. The van der Waals surface area contributed by atoms with Crippen LogP contribution in [0.2, 0.25) is 0 Å². The maximum atomic E-state index is 12.2. The molecule has 61 heavy (non-hydrogen) atoms. The third-order valence-electron chi connectivity index (χ3n) is 10.9.